The van der Waals surface area contributed by atoms with Crippen molar-refractivity contribution >= 4 is 29.4 Å². The second kappa shape index (κ2) is 10.8. The molecule has 0 aliphatic rings. The molecule has 2 aromatic heterocycles. The fourth-order valence-electron chi connectivity index (χ4n) is 3.01. The summed E-state index contributed by atoms with van der Waals surface area (Å²) < 4.78 is 14.3. The van der Waals surface area contributed by atoms with E-state index < -0.39 is 18.3 Å². The molecule has 0 saturated heterocycles. The highest BCUT2D eigenvalue weighted by Gasteiger charge is 2.24. The van der Waals surface area contributed by atoms with Crippen LogP contribution in [0.15, 0.2) is 46.4 Å². The summed E-state index contributed by atoms with van der Waals surface area (Å²) in [5.41, 5.74) is 0.381. The van der Waals surface area contributed by atoms with Gasteiger partial charge in [0.1, 0.15) is 6.61 Å². The van der Waals surface area contributed by atoms with Gasteiger partial charge in [0.15, 0.2) is 17.4 Å². The molecule has 0 fully saturated rings. The average molecular weight is 457 g/mol. The van der Waals surface area contributed by atoms with Gasteiger partial charge in [-0.2, -0.15) is 4.98 Å². The smallest absolute Gasteiger partial charge is 0.338 e. The molecule has 0 amide bonds. The Bertz CT molecular complexity index is 1170. The maximum absolute atomic E-state index is 12.8. The average Bonchev–Trinajstić information content (AvgIpc) is 3.25. The standard InChI is InChI=1S/C22H28N6O5/c1-5-16(11-29)33-17(12-32-21(31)15-9-7-6-8-10-15)28-14-23-18-19(28)25-22(24-13-26(2)3)27(4)20(18)30/h6-10,13-14,16-17,29H,5,11-12H2,1-4H3/t16-,17-/m1/s1. The van der Waals surface area contributed by atoms with Crippen LogP contribution in [0.2, 0.25) is 0 Å². The highest BCUT2D eigenvalue weighted by atomic mass is 16.6. The summed E-state index contributed by atoms with van der Waals surface area (Å²) in [5.74, 6) is -0.344. The van der Waals surface area contributed by atoms with Crippen LogP contribution in [0.25, 0.3) is 11.2 Å². The maximum atomic E-state index is 12.8. The monoisotopic (exact) mass is 456 g/mol. The van der Waals surface area contributed by atoms with Crippen molar-refractivity contribution in [3.63, 3.8) is 0 Å². The lowest BCUT2D eigenvalue weighted by molar-refractivity contribution is -0.0988. The van der Waals surface area contributed by atoms with Crippen LogP contribution in [0.5, 0.6) is 0 Å². The normalized spacial score (nSPS) is 13.4. The van der Waals surface area contributed by atoms with Crippen molar-refractivity contribution < 1.29 is 19.4 Å². The predicted octanol–water partition coefficient (Wildman–Crippen LogP) is 1.49. The van der Waals surface area contributed by atoms with Gasteiger partial charge in [-0.3, -0.25) is 13.9 Å². The van der Waals surface area contributed by atoms with Crippen LogP contribution in [0, 0.1) is 0 Å². The molecule has 0 bridgehead atoms. The number of aliphatic hydroxyl groups is 1. The van der Waals surface area contributed by atoms with E-state index in [9.17, 15) is 14.7 Å². The van der Waals surface area contributed by atoms with E-state index in [-0.39, 0.29) is 35.9 Å². The van der Waals surface area contributed by atoms with E-state index in [4.69, 9.17) is 9.47 Å². The molecule has 1 N–H and O–H groups in total. The Kier molecular flexibility index (Phi) is 7.91. The van der Waals surface area contributed by atoms with E-state index in [1.54, 1.807) is 56.4 Å². The van der Waals surface area contributed by atoms with Crippen LogP contribution in [0.1, 0.15) is 29.9 Å². The number of hydrogen-bond acceptors (Lipinski definition) is 8. The molecule has 0 saturated carbocycles. The van der Waals surface area contributed by atoms with Crippen LogP contribution < -0.4 is 5.56 Å². The molecule has 0 spiro atoms. The molecule has 0 radical (unpaired) electrons. The van der Waals surface area contributed by atoms with E-state index in [2.05, 4.69) is 15.0 Å². The minimum atomic E-state index is -0.870. The molecular weight excluding hydrogens is 428 g/mol. The summed E-state index contributed by atoms with van der Waals surface area (Å²) in [7, 11) is 5.16. The number of esters is 1. The molecule has 0 unspecified atom stereocenters. The first-order valence-corrected chi connectivity index (χ1v) is 10.5. The predicted molar refractivity (Wildman–Crippen MR) is 123 cm³/mol. The van der Waals surface area contributed by atoms with E-state index in [1.807, 2.05) is 6.92 Å². The van der Waals surface area contributed by atoms with Gasteiger partial charge in [-0.05, 0) is 18.6 Å². The van der Waals surface area contributed by atoms with Crippen molar-refractivity contribution in [2.75, 3.05) is 27.3 Å². The fourth-order valence-corrected chi connectivity index (χ4v) is 3.01. The molecular formula is C22H28N6O5. The maximum Gasteiger partial charge on any atom is 0.338 e. The Balaban J connectivity index is 1.99. The number of fused-ring (bicyclic) bond motifs is 1. The van der Waals surface area contributed by atoms with E-state index in [0.717, 1.165) is 0 Å². The van der Waals surface area contributed by atoms with Gasteiger partial charge in [0, 0.05) is 21.1 Å². The Morgan fingerprint density at radius 2 is 2.03 bits per heavy atom. The van der Waals surface area contributed by atoms with Gasteiger partial charge in [-0.25, -0.2) is 14.8 Å². The number of benzene rings is 1. The molecule has 11 heteroatoms. The van der Waals surface area contributed by atoms with E-state index in [1.165, 1.54) is 21.8 Å². The number of aliphatic imine (C=N–C) groups is 1. The van der Waals surface area contributed by atoms with Crippen molar-refractivity contribution in [1.82, 2.24) is 24.0 Å². The lowest BCUT2D eigenvalue weighted by atomic mass is 10.2. The molecule has 1 aromatic carbocycles. The molecule has 11 nitrogen and oxygen atoms in total. The topological polar surface area (TPSA) is 124 Å². The van der Waals surface area contributed by atoms with Crippen LogP contribution in [-0.2, 0) is 16.5 Å². The number of carbonyl (C=O) groups is 1. The molecule has 0 aliphatic carbocycles. The van der Waals surface area contributed by atoms with Crippen molar-refractivity contribution in [3.05, 3.63) is 52.6 Å². The largest absolute Gasteiger partial charge is 0.457 e. The van der Waals surface area contributed by atoms with Gasteiger partial charge in [-0.15, -0.1) is 0 Å². The van der Waals surface area contributed by atoms with Gasteiger partial charge in [0.2, 0.25) is 5.95 Å². The first-order chi connectivity index (χ1) is 15.8. The third kappa shape index (κ3) is 5.62. The summed E-state index contributed by atoms with van der Waals surface area (Å²) in [5, 5.41) is 9.64. The summed E-state index contributed by atoms with van der Waals surface area (Å²) in [4.78, 5) is 39.9. The number of imidazole rings is 1. The highest BCUT2D eigenvalue weighted by Crippen LogP contribution is 2.21. The van der Waals surface area contributed by atoms with Crippen molar-refractivity contribution in [3.8, 4) is 0 Å². The fraction of sp³-hybridized carbons (Fsp3) is 0.409. The third-order valence-electron chi connectivity index (χ3n) is 4.87. The van der Waals surface area contributed by atoms with Crippen LogP contribution in [0.3, 0.4) is 0 Å². The summed E-state index contributed by atoms with van der Waals surface area (Å²) in [6.45, 7) is 1.46. The van der Waals surface area contributed by atoms with Gasteiger partial charge in [0.05, 0.1) is 30.9 Å². The second-order valence-electron chi connectivity index (χ2n) is 7.58. The second-order valence-corrected chi connectivity index (χ2v) is 7.58. The number of rotatable bonds is 10. The van der Waals surface area contributed by atoms with E-state index >= 15 is 0 Å². The molecule has 2 atom stereocenters. The van der Waals surface area contributed by atoms with Gasteiger partial charge < -0.3 is 19.5 Å². The molecule has 176 valence electrons. The van der Waals surface area contributed by atoms with Gasteiger partial charge in [-0.1, -0.05) is 25.1 Å². The number of nitrogens with zero attached hydrogens (tertiary/aromatic N) is 6. The van der Waals surface area contributed by atoms with Crippen molar-refractivity contribution in [2.24, 2.45) is 12.0 Å². The summed E-state index contributed by atoms with van der Waals surface area (Å²) in [6, 6.07) is 8.57. The molecule has 2 heterocycles. The quantitative estimate of drug-likeness (QED) is 0.276. The highest BCUT2D eigenvalue weighted by molar-refractivity contribution is 5.89. The Hall–Kier alpha value is -3.57. The Morgan fingerprint density at radius 3 is 2.67 bits per heavy atom. The molecule has 3 rings (SSSR count). The zero-order valence-corrected chi connectivity index (χ0v) is 19.1. The molecule has 3 aromatic rings. The third-order valence-corrected chi connectivity index (χ3v) is 4.87. The summed E-state index contributed by atoms with van der Waals surface area (Å²) in [6.07, 6.45) is 2.08. The Morgan fingerprint density at radius 1 is 1.30 bits per heavy atom. The first-order valence-electron chi connectivity index (χ1n) is 10.5. The number of aromatic nitrogens is 4. The lowest BCUT2D eigenvalue weighted by Crippen LogP contribution is -2.28. The lowest BCUT2D eigenvalue weighted by Gasteiger charge is -2.24. The van der Waals surface area contributed by atoms with Crippen LogP contribution in [-0.4, -0.2) is 74.8 Å². The number of hydrogen-bond donors (Lipinski definition) is 1. The zero-order valence-electron chi connectivity index (χ0n) is 19.1. The summed E-state index contributed by atoms with van der Waals surface area (Å²) >= 11 is 0. The van der Waals surface area contributed by atoms with Crippen molar-refractivity contribution in [1.29, 1.82) is 0 Å². The van der Waals surface area contributed by atoms with Crippen LogP contribution >= 0.6 is 0 Å². The Labute approximate surface area is 190 Å². The number of aliphatic hydroxyl groups excluding tert-OH is 1. The zero-order chi connectivity index (χ0) is 24.0. The first kappa shape index (κ1) is 24.1. The van der Waals surface area contributed by atoms with Gasteiger partial charge >= 0.3 is 5.97 Å². The SMILES string of the molecule is CC[C@H](CO)O[C@H](COC(=O)c1ccccc1)n1cnc2c(=O)n(C)c(N=CN(C)C)nc21. The van der Waals surface area contributed by atoms with Crippen molar-refractivity contribution in [2.45, 2.75) is 25.7 Å². The number of ether oxygens (including phenoxy) is 2. The molecule has 0 aliphatic heterocycles. The number of carbonyl (C=O) groups excluding carboxylic acids is 1. The minimum absolute atomic E-state index is 0.126. The van der Waals surface area contributed by atoms with Gasteiger partial charge in [0.25, 0.3) is 5.56 Å². The molecule has 33 heavy (non-hydrogen) atoms. The minimum Gasteiger partial charge on any atom is -0.457 e. The van der Waals surface area contributed by atoms with E-state index in [0.29, 0.717) is 12.0 Å². The van der Waals surface area contributed by atoms with Crippen LogP contribution in [0.4, 0.5) is 5.95 Å².